The molecule has 1 aromatic carbocycles. The molecule has 180 valence electrons. The second kappa shape index (κ2) is 23.4. The SMILES string of the molecule is C1CCCC1.C1CCCC1.CCCCCCC(O)Cc1ccccc1.[O-][Cl+3]([O-])([O-])[O-].[Zr]. The molecule has 2 aliphatic rings. The molecule has 2 fully saturated rings. The maximum Gasteiger partial charge on any atom is 0.0580 e. The molecule has 0 aromatic heterocycles. The maximum absolute atomic E-state index is 9.80. The van der Waals surface area contributed by atoms with Gasteiger partial charge in [-0.25, -0.2) is 18.6 Å². The molecular weight excluding hydrogens is 495 g/mol. The maximum atomic E-state index is 9.80. The predicted molar refractivity (Wildman–Crippen MR) is 111 cm³/mol. The van der Waals surface area contributed by atoms with E-state index in [9.17, 15) is 5.11 Å². The topological polar surface area (TPSA) is 112 Å². The van der Waals surface area contributed by atoms with E-state index in [1.807, 2.05) is 18.2 Å². The third-order valence-corrected chi connectivity index (χ3v) is 5.21. The van der Waals surface area contributed by atoms with Gasteiger partial charge in [-0.2, -0.15) is 0 Å². The number of hydrogen-bond donors (Lipinski definition) is 1. The number of rotatable bonds is 7. The number of unbranched alkanes of at least 4 members (excludes halogenated alkanes) is 3. The van der Waals surface area contributed by atoms with Crippen LogP contribution in [0.15, 0.2) is 30.3 Å². The second-order valence-corrected chi connectivity index (χ2v) is 8.86. The Morgan fingerprint density at radius 2 is 1.13 bits per heavy atom. The van der Waals surface area contributed by atoms with Gasteiger partial charge in [0.2, 0.25) is 0 Å². The first-order valence-electron chi connectivity index (χ1n) is 11.7. The van der Waals surface area contributed by atoms with Crippen LogP contribution < -0.4 is 18.6 Å². The predicted octanol–water partition coefficient (Wildman–Crippen LogP) is 2.70. The Kier molecular flexibility index (Phi) is 25.1. The van der Waals surface area contributed by atoms with E-state index >= 15 is 0 Å². The van der Waals surface area contributed by atoms with Crippen LogP contribution in [0.25, 0.3) is 0 Å². The van der Waals surface area contributed by atoms with Crippen molar-refractivity contribution in [2.24, 2.45) is 0 Å². The minimum Gasteiger partial charge on any atom is -0.393 e. The Morgan fingerprint density at radius 3 is 1.48 bits per heavy atom. The first-order chi connectivity index (χ1) is 14.3. The van der Waals surface area contributed by atoms with Crippen LogP contribution in [0.3, 0.4) is 0 Å². The fourth-order valence-electron chi connectivity index (χ4n) is 3.56. The van der Waals surface area contributed by atoms with Crippen LogP contribution in [-0.4, -0.2) is 11.2 Å². The molecule has 31 heavy (non-hydrogen) atoms. The fourth-order valence-corrected chi connectivity index (χ4v) is 3.56. The minimum atomic E-state index is -4.94. The molecule has 0 amide bonds. The van der Waals surface area contributed by atoms with Gasteiger partial charge in [-0.3, -0.25) is 0 Å². The van der Waals surface area contributed by atoms with Crippen molar-refractivity contribution in [2.75, 3.05) is 0 Å². The molecule has 5 nitrogen and oxygen atoms in total. The molecule has 2 aliphatic carbocycles. The number of hydrogen-bond acceptors (Lipinski definition) is 5. The van der Waals surface area contributed by atoms with Crippen molar-refractivity contribution in [3.05, 3.63) is 35.9 Å². The first kappa shape index (κ1) is 33.4. The summed E-state index contributed by atoms with van der Waals surface area (Å²) in [5.41, 5.74) is 1.24. The van der Waals surface area contributed by atoms with E-state index in [1.54, 1.807) is 0 Å². The number of aliphatic hydroxyl groups excluding tert-OH is 1. The summed E-state index contributed by atoms with van der Waals surface area (Å²) in [6.07, 6.45) is 21.5. The van der Waals surface area contributed by atoms with Gasteiger partial charge in [-0.15, -0.1) is 10.2 Å². The molecule has 0 radical (unpaired) electrons. The van der Waals surface area contributed by atoms with Gasteiger partial charge in [0.25, 0.3) is 0 Å². The van der Waals surface area contributed by atoms with Gasteiger partial charge >= 0.3 is 0 Å². The standard InChI is InChI=1S/C14H22O.2C5H10.ClHO4.Zr/c1-2-3-4-8-11-14(15)12-13-9-6-5-7-10-13;2*1-2-4-5-3-1;2-1(3,4)5;/h5-7,9-10,14-15H,2-4,8,11-12H2,1H3;2*1-5H2;(H,2,3,4,5);/p-1. The third kappa shape index (κ3) is 30.2. The molecule has 2 saturated carbocycles. The van der Waals surface area contributed by atoms with E-state index in [0.717, 1.165) is 19.3 Å². The van der Waals surface area contributed by atoms with Crippen LogP contribution in [0, 0.1) is 10.2 Å². The van der Waals surface area contributed by atoms with Crippen LogP contribution in [0.5, 0.6) is 0 Å². The van der Waals surface area contributed by atoms with E-state index in [1.165, 1.54) is 89.0 Å². The Labute approximate surface area is 211 Å². The van der Waals surface area contributed by atoms with Crippen LogP contribution in [0.4, 0.5) is 0 Å². The molecule has 0 aliphatic heterocycles. The van der Waals surface area contributed by atoms with Gasteiger partial charge in [0.15, 0.2) is 0 Å². The summed E-state index contributed by atoms with van der Waals surface area (Å²) in [6.45, 7) is 2.21. The summed E-state index contributed by atoms with van der Waals surface area (Å²) in [7, 11) is -4.94. The zero-order valence-corrected chi connectivity index (χ0v) is 22.4. The van der Waals surface area contributed by atoms with Crippen molar-refractivity contribution in [3.8, 4) is 0 Å². The largest absolute Gasteiger partial charge is 0.393 e. The molecule has 1 aromatic rings. The van der Waals surface area contributed by atoms with E-state index in [4.69, 9.17) is 18.6 Å². The molecule has 0 heterocycles. The van der Waals surface area contributed by atoms with Crippen molar-refractivity contribution in [1.29, 1.82) is 0 Å². The smallest absolute Gasteiger partial charge is 0.0580 e. The van der Waals surface area contributed by atoms with Gasteiger partial charge < -0.3 is 5.11 Å². The Bertz CT molecular complexity index is 432. The van der Waals surface area contributed by atoms with Crippen LogP contribution in [0.2, 0.25) is 0 Å². The van der Waals surface area contributed by atoms with Crippen molar-refractivity contribution in [1.82, 2.24) is 0 Å². The molecule has 0 saturated heterocycles. The average Bonchev–Trinajstić information content (AvgIpc) is 3.44. The quantitative estimate of drug-likeness (QED) is 0.538. The van der Waals surface area contributed by atoms with Gasteiger partial charge in [0, 0.05) is 26.2 Å². The normalized spacial score (nSPS) is 15.8. The van der Waals surface area contributed by atoms with Crippen LogP contribution in [0.1, 0.15) is 109 Å². The van der Waals surface area contributed by atoms with E-state index in [-0.39, 0.29) is 32.3 Å². The van der Waals surface area contributed by atoms with Gasteiger partial charge in [0.1, 0.15) is 0 Å². The average molecular weight is 537 g/mol. The van der Waals surface area contributed by atoms with E-state index < -0.39 is 10.2 Å². The minimum absolute atomic E-state index is 0. The summed E-state index contributed by atoms with van der Waals surface area (Å²) in [4.78, 5) is 0. The monoisotopic (exact) mass is 535 g/mol. The number of halogens is 1. The van der Waals surface area contributed by atoms with Crippen molar-refractivity contribution < 1.29 is 60.2 Å². The molecular formula is C24H42ClO5Zr-. The van der Waals surface area contributed by atoms with E-state index in [2.05, 4.69) is 19.1 Å². The first-order valence-corrected chi connectivity index (χ1v) is 12.9. The van der Waals surface area contributed by atoms with Crippen LogP contribution >= 0.6 is 0 Å². The van der Waals surface area contributed by atoms with E-state index in [0.29, 0.717) is 0 Å². The summed E-state index contributed by atoms with van der Waals surface area (Å²) >= 11 is 0. The molecule has 0 bridgehead atoms. The summed E-state index contributed by atoms with van der Waals surface area (Å²) in [5, 5.41) is 9.80. The summed E-state index contributed by atoms with van der Waals surface area (Å²) in [5.74, 6) is 0. The van der Waals surface area contributed by atoms with Gasteiger partial charge in [-0.1, -0.05) is 127 Å². The second-order valence-electron chi connectivity index (χ2n) is 8.11. The summed E-state index contributed by atoms with van der Waals surface area (Å²) in [6, 6.07) is 10.2. The number of aliphatic hydroxyl groups is 1. The molecule has 0 spiro atoms. The molecule has 1 unspecified atom stereocenters. The zero-order valence-electron chi connectivity index (χ0n) is 19.2. The fraction of sp³-hybridized carbons (Fsp3) is 0.750. The van der Waals surface area contributed by atoms with Crippen LogP contribution in [-0.2, 0) is 32.6 Å². The zero-order chi connectivity index (χ0) is 22.5. The molecule has 1 N–H and O–H groups in total. The van der Waals surface area contributed by atoms with Crippen molar-refractivity contribution in [3.63, 3.8) is 0 Å². The van der Waals surface area contributed by atoms with Crippen molar-refractivity contribution >= 4 is 0 Å². The molecule has 3 rings (SSSR count). The molecule has 7 heteroatoms. The Hall–Kier alpha value is 0.193. The van der Waals surface area contributed by atoms with Crippen molar-refractivity contribution in [2.45, 2.75) is 116 Å². The molecule has 1 atom stereocenters. The Balaban J connectivity index is 0. The van der Waals surface area contributed by atoms with Gasteiger partial charge in [0.05, 0.1) is 6.10 Å². The third-order valence-electron chi connectivity index (χ3n) is 5.21. The van der Waals surface area contributed by atoms with Gasteiger partial charge in [-0.05, 0) is 18.4 Å². The summed E-state index contributed by atoms with van der Waals surface area (Å²) < 4.78 is 34.0. The number of benzene rings is 1. The Morgan fingerprint density at radius 1 is 0.742 bits per heavy atom.